The van der Waals surface area contributed by atoms with E-state index < -0.39 is 0 Å². The second-order valence-electron chi connectivity index (χ2n) is 5.85. The molecule has 1 heterocycles. The van der Waals surface area contributed by atoms with Crippen LogP contribution in [0.5, 0.6) is 0 Å². The van der Waals surface area contributed by atoms with E-state index in [-0.39, 0.29) is 35.6 Å². The first-order chi connectivity index (χ1) is 8.46. The molecule has 1 saturated heterocycles. The number of hydrogen-bond donors (Lipinski definition) is 2. The maximum atomic E-state index is 12.2. The Labute approximate surface area is 109 Å². The lowest BCUT2D eigenvalue weighted by molar-refractivity contribution is -0.139. The van der Waals surface area contributed by atoms with E-state index in [0.29, 0.717) is 6.61 Å². The highest BCUT2D eigenvalue weighted by atomic mass is 16.5. The molecule has 5 heteroatoms. The van der Waals surface area contributed by atoms with Gasteiger partial charge in [-0.3, -0.25) is 4.79 Å². The summed E-state index contributed by atoms with van der Waals surface area (Å²) in [6.45, 7) is 7.59. The van der Waals surface area contributed by atoms with Crippen molar-refractivity contribution in [1.29, 1.82) is 0 Å². The molecular weight excluding hydrogens is 232 g/mol. The summed E-state index contributed by atoms with van der Waals surface area (Å²) in [5, 5.41) is 6.32. The number of amides is 1. The summed E-state index contributed by atoms with van der Waals surface area (Å²) in [6, 6.07) is -0.0537. The van der Waals surface area contributed by atoms with Crippen molar-refractivity contribution in [2.24, 2.45) is 5.41 Å². The van der Waals surface area contributed by atoms with Gasteiger partial charge in [0.1, 0.15) is 6.04 Å². The average Bonchev–Trinajstić information content (AvgIpc) is 2.34. The minimum atomic E-state index is -0.240. The molecule has 0 aromatic heterocycles. The number of rotatable bonds is 3. The van der Waals surface area contributed by atoms with Crippen LogP contribution in [0.4, 0.5) is 0 Å². The van der Waals surface area contributed by atoms with Crippen molar-refractivity contribution in [3.8, 4) is 0 Å². The third-order valence-corrected chi connectivity index (χ3v) is 4.38. The molecule has 2 rings (SSSR count). The number of hydrogen-bond acceptors (Lipinski definition) is 4. The minimum Gasteiger partial charge on any atom is -0.381 e. The van der Waals surface area contributed by atoms with Crippen molar-refractivity contribution in [3.05, 3.63) is 0 Å². The Bertz CT molecular complexity index is 319. The van der Waals surface area contributed by atoms with Crippen LogP contribution < -0.4 is 10.6 Å². The van der Waals surface area contributed by atoms with E-state index in [0.717, 1.165) is 13.0 Å². The van der Waals surface area contributed by atoms with Gasteiger partial charge < -0.3 is 20.1 Å². The van der Waals surface area contributed by atoms with E-state index in [9.17, 15) is 4.79 Å². The predicted molar refractivity (Wildman–Crippen MR) is 68.3 cm³/mol. The zero-order valence-corrected chi connectivity index (χ0v) is 11.7. The largest absolute Gasteiger partial charge is 0.381 e. The van der Waals surface area contributed by atoms with Gasteiger partial charge >= 0.3 is 0 Å². The second-order valence-corrected chi connectivity index (χ2v) is 5.85. The van der Waals surface area contributed by atoms with Gasteiger partial charge in [0.15, 0.2) is 0 Å². The molecule has 0 aromatic carbocycles. The summed E-state index contributed by atoms with van der Waals surface area (Å²) in [4.78, 5) is 12.2. The zero-order valence-electron chi connectivity index (χ0n) is 11.7. The molecule has 2 unspecified atom stereocenters. The molecule has 1 amide bonds. The molecule has 2 aliphatic rings. The van der Waals surface area contributed by atoms with E-state index in [1.165, 1.54) is 0 Å². The van der Waals surface area contributed by atoms with E-state index in [2.05, 4.69) is 24.5 Å². The first-order valence-corrected chi connectivity index (χ1v) is 6.65. The van der Waals surface area contributed by atoms with Crippen LogP contribution >= 0.6 is 0 Å². The van der Waals surface area contributed by atoms with E-state index >= 15 is 0 Å². The SMILES string of the molecule is COC1CC(NC(=O)[C@H]2NCCO[C@@H]2C)C1(C)C. The highest BCUT2D eigenvalue weighted by Crippen LogP contribution is 2.42. The lowest BCUT2D eigenvalue weighted by Crippen LogP contribution is -2.65. The average molecular weight is 256 g/mol. The van der Waals surface area contributed by atoms with Crippen LogP contribution in [0.3, 0.4) is 0 Å². The number of nitrogens with one attached hydrogen (secondary N) is 2. The number of carbonyl (C=O) groups is 1. The molecule has 1 aliphatic heterocycles. The lowest BCUT2D eigenvalue weighted by atomic mass is 9.64. The highest BCUT2D eigenvalue weighted by Gasteiger charge is 2.49. The van der Waals surface area contributed by atoms with Gasteiger partial charge in [-0.25, -0.2) is 0 Å². The maximum absolute atomic E-state index is 12.2. The molecule has 5 nitrogen and oxygen atoms in total. The first kappa shape index (κ1) is 13.8. The Morgan fingerprint density at radius 2 is 2.22 bits per heavy atom. The van der Waals surface area contributed by atoms with Crippen LogP contribution in [0.1, 0.15) is 27.2 Å². The van der Waals surface area contributed by atoms with Crippen LogP contribution in [0.15, 0.2) is 0 Å². The lowest BCUT2D eigenvalue weighted by Gasteiger charge is -2.51. The molecule has 4 atom stereocenters. The number of ether oxygens (including phenoxy) is 2. The van der Waals surface area contributed by atoms with Gasteiger partial charge in [0.2, 0.25) is 5.91 Å². The van der Waals surface area contributed by atoms with E-state index in [4.69, 9.17) is 9.47 Å². The summed E-state index contributed by atoms with van der Waals surface area (Å²) in [6.07, 6.45) is 1.05. The summed E-state index contributed by atoms with van der Waals surface area (Å²) < 4.78 is 10.9. The Kier molecular flexibility index (Phi) is 3.94. The fourth-order valence-electron chi connectivity index (χ4n) is 2.82. The first-order valence-electron chi connectivity index (χ1n) is 6.65. The smallest absolute Gasteiger partial charge is 0.240 e. The standard InChI is InChI=1S/C13H24N2O3/c1-8-11(14-5-6-18-8)12(16)15-9-7-10(17-4)13(9,2)3/h8-11,14H,5-7H2,1-4H3,(H,15,16)/t8-,9?,10?,11+/m1/s1. The van der Waals surface area contributed by atoms with Crippen molar-refractivity contribution in [2.45, 2.75) is 51.5 Å². The summed E-state index contributed by atoms with van der Waals surface area (Å²) >= 11 is 0. The Morgan fingerprint density at radius 1 is 1.50 bits per heavy atom. The van der Waals surface area contributed by atoms with Crippen LogP contribution in [0, 0.1) is 5.41 Å². The summed E-state index contributed by atoms with van der Waals surface area (Å²) in [5.74, 6) is 0.0369. The van der Waals surface area contributed by atoms with E-state index in [1.807, 2.05) is 6.92 Å². The van der Waals surface area contributed by atoms with Crippen molar-refractivity contribution in [1.82, 2.24) is 10.6 Å². The third kappa shape index (κ3) is 2.39. The molecular formula is C13H24N2O3. The zero-order chi connectivity index (χ0) is 13.3. The normalized spacial score (nSPS) is 38.9. The molecule has 2 N–H and O–H groups in total. The van der Waals surface area contributed by atoms with Crippen molar-refractivity contribution < 1.29 is 14.3 Å². The Hall–Kier alpha value is -0.650. The van der Waals surface area contributed by atoms with Gasteiger partial charge in [-0.1, -0.05) is 13.8 Å². The molecule has 18 heavy (non-hydrogen) atoms. The maximum Gasteiger partial charge on any atom is 0.240 e. The molecule has 104 valence electrons. The van der Waals surface area contributed by atoms with Gasteiger partial charge in [-0.2, -0.15) is 0 Å². The molecule has 0 aromatic rings. The van der Waals surface area contributed by atoms with Crippen LogP contribution in [0.2, 0.25) is 0 Å². The highest BCUT2D eigenvalue weighted by molar-refractivity contribution is 5.83. The van der Waals surface area contributed by atoms with Crippen molar-refractivity contribution in [3.63, 3.8) is 0 Å². The van der Waals surface area contributed by atoms with Crippen LogP contribution in [0.25, 0.3) is 0 Å². The monoisotopic (exact) mass is 256 g/mol. The Balaban J connectivity index is 1.88. The van der Waals surface area contributed by atoms with Crippen molar-refractivity contribution in [2.75, 3.05) is 20.3 Å². The number of morpholine rings is 1. The van der Waals surface area contributed by atoms with Crippen molar-refractivity contribution >= 4 is 5.91 Å². The van der Waals surface area contributed by atoms with Crippen LogP contribution in [-0.2, 0) is 14.3 Å². The summed E-state index contributed by atoms with van der Waals surface area (Å²) in [5.41, 5.74) is 0.00315. The molecule has 2 fully saturated rings. The van der Waals surface area contributed by atoms with Gasteiger partial charge in [-0.05, 0) is 13.3 Å². The fourth-order valence-corrected chi connectivity index (χ4v) is 2.82. The fraction of sp³-hybridized carbons (Fsp3) is 0.923. The second kappa shape index (κ2) is 5.15. The molecule has 1 aliphatic carbocycles. The molecule has 0 bridgehead atoms. The molecule has 0 radical (unpaired) electrons. The molecule has 1 saturated carbocycles. The number of carbonyl (C=O) groups excluding carboxylic acids is 1. The van der Waals surface area contributed by atoms with Gasteiger partial charge in [-0.15, -0.1) is 0 Å². The Morgan fingerprint density at radius 3 is 2.78 bits per heavy atom. The predicted octanol–water partition coefficient (Wildman–Crippen LogP) is 0.293. The van der Waals surface area contributed by atoms with Gasteiger partial charge in [0.25, 0.3) is 0 Å². The van der Waals surface area contributed by atoms with E-state index in [1.54, 1.807) is 7.11 Å². The molecule has 0 spiro atoms. The third-order valence-electron chi connectivity index (χ3n) is 4.38. The minimum absolute atomic E-state index is 0.00315. The quantitative estimate of drug-likeness (QED) is 0.762. The van der Waals surface area contributed by atoms with Gasteiger partial charge in [0.05, 0.1) is 18.8 Å². The van der Waals surface area contributed by atoms with Gasteiger partial charge in [0, 0.05) is 25.1 Å². The summed E-state index contributed by atoms with van der Waals surface area (Å²) in [7, 11) is 1.73. The van der Waals surface area contributed by atoms with Crippen LogP contribution in [-0.4, -0.2) is 50.5 Å². The topological polar surface area (TPSA) is 59.6 Å². The number of methoxy groups -OCH3 is 1.